The molecule has 0 atom stereocenters. The molecule has 2 aromatic rings. The summed E-state index contributed by atoms with van der Waals surface area (Å²) in [6, 6.07) is 0. The van der Waals surface area contributed by atoms with Crippen LogP contribution in [0, 0.1) is 0 Å². The number of aromatic nitrogens is 2. The summed E-state index contributed by atoms with van der Waals surface area (Å²) >= 11 is 1.61. The smallest absolute Gasteiger partial charge is 0.303 e. The molecule has 0 radical (unpaired) electrons. The van der Waals surface area contributed by atoms with Crippen LogP contribution in [0.5, 0.6) is 0 Å². The van der Waals surface area contributed by atoms with E-state index in [1.807, 2.05) is 5.38 Å². The van der Waals surface area contributed by atoms with Gasteiger partial charge in [-0.1, -0.05) is 19.3 Å². The van der Waals surface area contributed by atoms with Gasteiger partial charge in [0.25, 0.3) is 0 Å². The molecule has 1 saturated carbocycles. The van der Waals surface area contributed by atoms with Crippen LogP contribution in [0.1, 0.15) is 55.8 Å². The molecule has 2 heterocycles. The average Bonchev–Trinajstić information content (AvgIpc) is 2.97. The summed E-state index contributed by atoms with van der Waals surface area (Å²) in [4.78, 5) is 16.4. The molecule has 1 N–H and O–H groups in total. The van der Waals surface area contributed by atoms with Crippen molar-refractivity contribution in [2.24, 2.45) is 0 Å². The Labute approximate surface area is 116 Å². The van der Waals surface area contributed by atoms with Crippen LogP contribution in [0.25, 0.3) is 4.96 Å². The Morgan fingerprint density at radius 1 is 1.42 bits per heavy atom. The number of imidazole rings is 1. The lowest BCUT2D eigenvalue weighted by molar-refractivity contribution is -0.136. The molecule has 0 unspecified atom stereocenters. The van der Waals surface area contributed by atoms with Crippen molar-refractivity contribution in [3.05, 3.63) is 23.0 Å². The summed E-state index contributed by atoms with van der Waals surface area (Å²) in [6.45, 7) is 0. The first-order valence-corrected chi connectivity index (χ1v) is 7.79. The third kappa shape index (κ3) is 2.66. The fourth-order valence-electron chi connectivity index (χ4n) is 2.86. The van der Waals surface area contributed by atoms with Crippen molar-refractivity contribution in [2.45, 2.75) is 50.9 Å². The number of hydrogen-bond donors (Lipinski definition) is 1. The van der Waals surface area contributed by atoms with Crippen LogP contribution in [0.15, 0.2) is 11.6 Å². The number of thiazole rings is 1. The Balaban J connectivity index is 1.82. The van der Waals surface area contributed by atoms with Gasteiger partial charge in [0.05, 0.1) is 12.1 Å². The van der Waals surface area contributed by atoms with Gasteiger partial charge in [0.1, 0.15) is 0 Å². The molecule has 5 heteroatoms. The molecule has 1 fully saturated rings. The Hall–Kier alpha value is -1.36. The summed E-state index contributed by atoms with van der Waals surface area (Å²) < 4.78 is 2.08. The van der Waals surface area contributed by atoms with Crippen molar-refractivity contribution in [3.63, 3.8) is 0 Å². The van der Waals surface area contributed by atoms with Gasteiger partial charge >= 0.3 is 5.97 Å². The molecule has 1 aliphatic carbocycles. The quantitative estimate of drug-likeness (QED) is 0.931. The number of carbonyl (C=O) groups is 1. The van der Waals surface area contributed by atoms with E-state index in [0.717, 1.165) is 10.7 Å². The summed E-state index contributed by atoms with van der Waals surface area (Å²) in [7, 11) is 0. The van der Waals surface area contributed by atoms with Gasteiger partial charge in [-0.25, -0.2) is 4.98 Å². The molecule has 102 valence electrons. The minimum atomic E-state index is -0.744. The molecule has 0 aliphatic heterocycles. The van der Waals surface area contributed by atoms with Crippen molar-refractivity contribution >= 4 is 22.3 Å². The van der Waals surface area contributed by atoms with Crippen LogP contribution >= 0.6 is 11.3 Å². The lowest BCUT2D eigenvalue weighted by Gasteiger charge is -2.19. The first-order chi connectivity index (χ1) is 9.24. The molecule has 4 nitrogen and oxygen atoms in total. The molecule has 0 aromatic carbocycles. The average molecular weight is 278 g/mol. The molecule has 0 spiro atoms. The fourth-order valence-corrected chi connectivity index (χ4v) is 3.77. The number of carboxylic acid groups (broad SMARTS) is 1. The molecule has 0 saturated heterocycles. The number of rotatable bonds is 4. The van der Waals surface area contributed by atoms with Crippen LogP contribution in [-0.2, 0) is 11.2 Å². The van der Waals surface area contributed by atoms with E-state index in [1.54, 1.807) is 11.3 Å². The van der Waals surface area contributed by atoms with E-state index in [1.165, 1.54) is 37.8 Å². The topological polar surface area (TPSA) is 54.6 Å². The Morgan fingerprint density at radius 3 is 2.95 bits per heavy atom. The van der Waals surface area contributed by atoms with Crippen molar-refractivity contribution in [2.75, 3.05) is 0 Å². The number of carboxylic acids is 1. The summed E-state index contributed by atoms with van der Waals surface area (Å²) in [5.41, 5.74) is 2.26. The zero-order valence-corrected chi connectivity index (χ0v) is 11.7. The Bertz CT molecular complexity index is 581. The molecule has 3 rings (SSSR count). The highest BCUT2D eigenvalue weighted by Crippen LogP contribution is 2.33. The van der Waals surface area contributed by atoms with E-state index < -0.39 is 5.97 Å². The third-order valence-corrected chi connectivity index (χ3v) is 4.81. The van der Waals surface area contributed by atoms with Gasteiger partial charge in [-0.2, -0.15) is 0 Å². The van der Waals surface area contributed by atoms with Gasteiger partial charge in [0, 0.05) is 23.2 Å². The Kier molecular flexibility index (Phi) is 3.55. The third-order valence-electron chi connectivity index (χ3n) is 3.92. The van der Waals surface area contributed by atoms with Crippen LogP contribution in [-0.4, -0.2) is 20.5 Å². The zero-order chi connectivity index (χ0) is 13.2. The highest BCUT2D eigenvalue weighted by Gasteiger charge is 2.19. The maximum atomic E-state index is 10.7. The number of hydrogen-bond acceptors (Lipinski definition) is 3. The summed E-state index contributed by atoms with van der Waals surface area (Å²) in [5.74, 6) is -0.139. The minimum Gasteiger partial charge on any atom is -0.481 e. The van der Waals surface area contributed by atoms with Gasteiger partial charge in [0.2, 0.25) is 0 Å². The fraction of sp³-hybridized carbons (Fsp3) is 0.571. The van der Waals surface area contributed by atoms with E-state index >= 15 is 0 Å². The Morgan fingerprint density at radius 2 is 2.21 bits per heavy atom. The molecule has 0 amide bonds. The molecule has 19 heavy (non-hydrogen) atoms. The molecular formula is C14H18N2O2S. The predicted octanol–water partition coefficient (Wildman–Crippen LogP) is 3.46. The highest BCUT2D eigenvalue weighted by molar-refractivity contribution is 7.15. The molecule has 2 aromatic heterocycles. The highest BCUT2D eigenvalue weighted by atomic mass is 32.1. The second-order valence-corrected chi connectivity index (χ2v) is 6.11. The number of nitrogens with zero attached hydrogens (tertiary/aromatic N) is 2. The zero-order valence-electron chi connectivity index (χ0n) is 10.8. The standard InChI is InChI=1S/C14H18N2O2S/c17-13(18)7-6-11-9-19-14-15-12(8-16(11)14)10-4-2-1-3-5-10/h8-10H,1-7H2,(H,17,18). The van der Waals surface area contributed by atoms with Gasteiger partial charge in [-0.3, -0.25) is 9.20 Å². The lowest BCUT2D eigenvalue weighted by atomic mass is 9.87. The van der Waals surface area contributed by atoms with E-state index in [4.69, 9.17) is 10.1 Å². The van der Waals surface area contributed by atoms with E-state index in [9.17, 15) is 4.79 Å². The lowest BCUT2D eigenvalue weighted by Crippen LogP contribution is -2.04. The first kappa shape index (κ1) is 12.7. The number of aryl methyl sites for hydroxylation is 1. The predicted molar refractivity (Wildman–Crippen MR) is 74.9 cm³/mol. The largest absolute Gasteiger partial charge is 0.481 e. The van der Waals surface area contributed by atoms with E-state index in [2.05, 4.69) is 10.6 Å². The number of fused-ring (bicyclic) bond motifs is 1. The number of aliphatic carboxylic acids is 1. The second kappa shape index (κ2) is 5.33. The summed E-state index contributed by atoms with van der Waals surface area (Å²) in [5, 5.41) is 10.8. The van der Waals surface area contributed by atoms with Crippen molar-refractivity contribution in [3.8, 4) is 0 Å². The SMILES string of the molecule is O=C(O)CCc1csc2nc(C3CCCCC3)cn12. The van der Waals surface area contributed by atoms with Crippen molar-refractivity contribution < 1.29 is 9.90 Å². The van der Waals surface area contributed by atoms with Gasteiger partial charge < -0.3 is 5.11 Å². The van der Waals surface area contributed by atoms with Crippen LogP contribution in [0.2, 0.25) is 0 Å². The molecular weight excluding hydrogens is 260 g/mol. The minimum absolute atomic E-state index is 0.183. The van der Waals surface area contributed by atoms with Crippen LogP contribution in [0.4, 0.5) is 0 Å². The van der Waals surface area contributed by atoms with Gasteiger partial charge in [0.15, 0.2) is 4.96 Å². The molecule has 0 bridgehead atoms. The van der Waals surface area contributed by atoms with E-state index in [0.29, 0.717) is 12.3 Å². The van der Waals surface area contributed by atoms with Crippen molar-refractivity contribution in [1.82, 2.24) is 9.38 Å². The van der Waals surface area contributed by atoms with Crippen LogP contribution in [0.3, 0.4) is 0 Å². The summed E-state index contributed by atoms with van der Waals surface area (Å²) in [6.07, 6.45) is 9.34. The van der Waals surface area contributed by atoms with Crippen LogP contribution < -0.4 is 0 Å². The monoisotopic (exact) mass is 278 g/mol. The van der Waals surface area contributed by atoms with E-state index in [-0.39, 0.29) is 6.42 Å². The van der Waals surface area contributed by atoms with Gasteiger partial charge in [-0.15, -0.1) is 11.3 Å². The maximum absolute atomic E-state index is 10.7. The van der Waals surface area contributed by atoms with Crippen molar-refractivity contribution in [1.29, 1.82) is 0 Å². The van der Waals surface area contributed by atoms with Gasteiger partial charge in [-0.05, 0) is 19.3 Å². The first-order valence-electron chi connectivity index (χ1n) is 6.91. The molecule has 1 aliphatic rings. The second-order valence-electron chi connectivity index (χ2n) is 5.27. The normalized spacial score (nSPS) is 17.1. The maximum Gasteiger partial charge on any atom is 0.303 e.